The Bertz CT molecular complexity index is 489. The third-order valence-electron chi connectivity index (χ3n) is 4.72. The van der Waals surface area contributed by atoms with E-state index in [1.54, 1.807) is 0 Å². The van der Waals surface area contributed by atoms with Crippen molar-refractivity contribution >= 4 is 17.7 Å². The van der Waals surface area contributed by atoms with Gasteiger partial charge in [-0.25, -0.2) is 0 Å². The van der Waals surface area contributed by atoms with E-state index < -0.39 is 11.5 Å². The number of carboxylic acid groups (broad SMARTS) is 1. The predicted molar refractivity (Wildman–Crippen MR) is 85.6 cm³/mol. The maximum absolute atomic E-state index is 11.9. The van der Waals surface area contributed by atoms with E-state index in [4.69, 9.17) is 0 Å². The van der Waals surface area contributed by atoms with Crippen molar-refractivity contribution in [3.05, 3.63) is 30.3 Å². The van der Waals surface area contributed by atoms with Gasteiger partial charge in [-0.05, 0) is 55.9 Å². The summed E-state index contributed by atoms with van der Waals surface area (Å²) in [6.07, 6.45) is 6.13. The lowest BCUT2D eigenvalue weighted by atomic mass is 9.85. The molecule has 4 heteroatoms. The number of thioether (sulfide) groups is 1. The van der Waals surface area contributed by atoms with Gasteiger partial charge in [-0.2, -0.15) is 0 Å². The minimum Gasteiger partial charge on any atom is -0.480 e. The summed E-state index contributed by atoms with van der Waals surface area (Å²) >= 11 is 1.83. The van der Waals surface area contributed by atoms with Crippen molar-refractivity contribution in [2.24, 2.45) is 5.92 Å². The van der Waals surface area contributed by atoms with Gasteiger partial charge in [0, 0.05) is 10.9 Å². The summed E-state index contributed by atoms with van der Waals surface area (Å²) in [6, 6.07) is 10.8. The monoisotopic (exact) mass is 305 g/mol. The van der Waals surface area contributed by atoms with Crippen LogP contribution in [-0.2, 0) is 4.79 Å². The average Bonchev–Trinajstić information content (AvgIpc) is 3.20. The van der Waals surface area contributed by atoms with Gasteiger partial charge < -0.3 is 5.11 Å². The molecule has 3 rings (SSSR count). The van der Waals surface area contributed by atoms with Crippen LogP contribution in [0.1, 0.15) is 38.5 Å². The Balaban J connectivity index is 1.58. The Labute approximate surface area is 130 Å². The van der Waals surface area contributed by atoms with Gasteiger partial charge in [-0.3, -0.25) is 10.1 Å². The Morgan fingerprint density at radius 1 is 1.29 bits per heavy atom. The lowest BCUT2D eigenvalue weighted by molar-refractivity contribution is -0.146. The number of hydrogen-bond donors (Lipinski definition) is 2. The molecule has 1 aromatic rings. The van der Waals surface area contributed by atoms with Gasteiger partial charge in [0.15, 0.2) is 0 Å². The zero-order valence-electron chi connectivity index (χ0n) is 12.3. The fourth-order valence-corrected chi connectivity index (χ4v) is 4.42. The molecule has 2 aliphatic carbocycles. The van der Waals surface area contributed by atoms with E-state index in [0.717, 1.165) is 44.3 Å². The maximum atomic E-state index is 11.9. The molecular weight excluding hydrogens is 282 g/mol. The van der Waals surface area contributed by atoms with Gasteiger partial charge >= 0.3 is 5.97 Å². The Morgan fingerprint density at radius 3 is 2.71 bits per heavy atom. The smallest absolute Gasteiger partial charge is 0.324 e. The first kappa shape index (κ1) is 14.9. The summed E-state index contributed by atoms with van der Waals surface area (Å²) in [5.41, 5.74) is -0.654. The molecule has 0 spiro atoms. The number of hydrogen-bond acceptors (Lipinski definition) is 3. The first-order chi connectivity index (χ1) is 10.2. The van der Waals surface area contributed by atoms with E-state index in [9.17, 15) is 9.90 Å². The van der Waals surface area contributed by atoms with Crippen molar-refractivity contribution in [3.63, 3.8) is 0 Å². The highest BCUT2D eigenvalue weighted by Gasteiger charge is 2.50. The van der Waals surface area contributed by atoms with Gasteiger partial charge in [0.25, 0.3) is 0 Å². The third kappa shape index (κ3) is 3.43. The van der Waals surface area contributed by atoms with Gasteiger partial charge in [0.05, 0.1) is 0 Å². The van der Waals surface area contributed by atoms with E-state index in [1.807, 2.05) is 30.0 Å². The van der Waals surface area contributed by atoms with Crippen molar-refractivity contribution in [1.82, 2.24) is 5.32 Å². The summed E-state index contributed by atoms with van der Waals surface area (Å²) in [5.74, 6) is 0.629. The molecular formula is C17H23NO2S. The number of rotatable bonds is 7. The van der Waals surface area contributed by atoms with Gasteiger partial charge in [-0.1, -0.05) is 24.6 Å². The highest BCUT2D eigenvalue weighted by Crippen LogP contribution is 2.41. The minimum absolute atomic E-state index is 0.270. The Morgan fingerprint density at radius 2 is 2.05 bits per heavy atom. The molecule has 3 nitrogen and oxygen atoms in total. The SMILES string of the molecule is O=C(O)C1(NC2CC2)CCCC1CCSc1ccccc1. The van der Waals surface area contributed by atoms with E-state index in [-0.39, 0.29) is 5.92 Å². The van der Waals surface area contributed by atoms with E-state index in [0.29, 0.717) is 6.04 Å². The van der Waals surface area contributed by atoms with Crippen molar-refractivity contribution in [3.8, 4) is 0 Å². The minimum atomic E-state index is -0.654. The highest BCUT2D eigenvalue weighted by molar-refractivity contribution is 7.99. The molecule has 2 N–H and O–H groups in total. The van der Waals surface area contributed by atoms with E-state index in [2.05, 4.69) is 17.4 Å². The van der Waals surface area contributed by atoms with Crippen molar-refractivity contribution in [2.75, 3.05) is 5.75 Å². The van der Waals surface area contributed by atoms with Crippen LogP contribution in [0.25, 0.3) is 0 Å². The summed E-state index contributed by atoms with van der Waals surface area (Å²) in [7, 11) is 0. The summed E-state index contributed by atoms with van der Waals surface area (Å²) in [4.78, 5) is 13.1. The Kier molecular flexibility index (Phi) is 4.55. The lowest BCUT2D eigenvalue weighted by Crippen LogP contribution is -2.55. The van der Waals surface area contributed by atoms with Crippen molar-refractivity contribution in [2.45, 2.75) is 55.0 Å². The largest absolute Gasteiger partial charge is 0.480 e. The third-order valence-corrected chi connectivity index (χ3v) is 5.76. The van der Waals surface area contributed by atoms with Crippen molar-refractivity contribution in [1.29, 1.82) is 0 Å². The summed E-state index contributed by atoms with van der Waals surface area (Å²) < 4.78 is 0. The standard InChI is InChI=1S/C17H23NO2S/c19-16(20)17(18-14-8-9-14)11-4-5-13(17)10-12-21-15-6-2-1-3-7-15/h1-3,6-7,13-14,18H,4-5,8-12H2,(H,19,20). The molecule has 0 amide bonds. The quantitative estimate of drug-likeness (QED) is 0.757. The topological polar surface area (TPSA) is 49.3 Å². The molecule has 1 aromatic carbocycles. The van der Waals surface area contributed by atoms with Gasteiger partial charge in [0.1, 0.15) is 5.54 Å². The van der Waals surface area contributed by atoms with Crippen LogP contribution in [0.4, 0.5) is 0 Å². The van der Waals surface area contributed by atoms with Crippen LogP contribution in [0.3, 0.4) is 0 Å². The Hall–Kier alpha value is -1.00. The number of aliphatic carboxylic acids is 1. The van der Waals surface area contributed by atoms with Crippen LogP contribution in [-0.4, -0.2) is 28.4 Å². The zero-order chi connectivity index (χ0) is 14.7. The molecule has 0 saturated heterocycles. The van der Waals surface area contributed by atoms with Crippen LogP contribution < -0.4 is 5.32 Å². The first-order valence-electron chi connectivity index (χ1n) is 7.90. The van der Waals surface area contributed by atoms with Crippen LogP contribution in [0.15, 0.2) is 35.2 Å². The number of benzene rings is 1. The summed E-state index contributed by atoms with van der Waals surface area (Å²) in [6.45, 7) is 0. The summed E-state index contributed by atoms with van der Waals surface area (Å²) in [5, 5.41) is 13.2. The molecule has 0 radical (unpaired) electrons. The number of carbonyl (C=O) groups is 1. The average molecular weight is 305 g/mol. The molecule has 0 aromatic heterocycles. The van der Waals surface area contributed by atoms with Crippen molar-refractivity contribution < 1.29 is 9.90 Å². The molecule has 0 aliphatic heterocycles. The van der Waals surface area contributed by atoms with Crippen LogP contribution in [0.2, 0.25) is 0 Å². The lowest BCUT2D eigenvalue weighted by Gasteiger charge is -2.32. The molecule has 2 fully saturated rings. The first-order valence-corrected chi connectivity index (χ1v) is 8.88. The maximum Gasteiger partial charge on any atom is 0.324 e. The molecule has 2 atom stereocenters. The van der Waals surface area contributed by atoms with Gasteiger partial charge in [-0.15, -0.1) is 11.8 Å². The van der Waals surface area contributed by atoms with Crippen LogP contribution in [0, 0.1) is 5.92 Å². The molecule has 0 bridgehead atoms. The van der Waals surface area contributed by atoms with Crippen LogP contribution in [0.5, 0.6) is 0 Å². The second kappa shape index (κ2) is 6.41. The van der Waals surface area contributed by atoms with E-state index in [1.165, 1.54) is 4.90 Å². The highest BCUT2D eigenvalue weighted by atomic mass is 32.2. The van der Waals surface area contributed by atoms with Gasteiger partial charge in [0.2, 0.25) is 0 Å². The second-order valence-electron chi connectivity index (χ2n) is 6.23. The fourth-order valence-electron chi connectivity index (χ4n) is 3.43. The normalized spacial score (nSPS) is 28.7. The number of carboxylic acids is 1. The molecule has 2 aliphatic rings. The second-order valence-corrected chi connectivity index (χ2v) is 7.40. The fraction of sp³-hybridized carbons (Fsp3) is 0.588. The predicted octanol–water partition coefficient (Wildman–Crippen LogP) is 3.54. The molecule has 114 valence electrons. The number of nitrogens with one attached hydrogen (secondary N) is 1. The molecule has 21 heavy (non-hydrogen) atoms. The molecule has 2 unspecified atom stereocenters. The zero-order valence-corrected chi connectivity index (χ0v) is 13.1. The molecule has 2 saturated carbocycles. The molecule has 0 heterocycles. The van der Waals surface area contributed by atoms with E-state index >= 15 is 0 Å². The van der Waals surface area contributed by atoms with Crippen LogP contribution >= 0.6 is 11.8 Å².